The van der Waals surface area contributed by atoms with Crippen molar-refractivity contribution in [3.8, 4) is 11.5 Å². The van der Waals surface area contributed by atoms with Crippen molar-refractivity contribution < 1.29 is 13.6 Å². The molecule has 7 nitrogen and oxygen atoms in total. The Hall–Kier alpha value is -3.16. The van der Waals surface area contributed by atoms with Crippen molar-refractivity contribution in [2.75, 3.05) is 0 Å². The lowest BCUT2D eigenvalue weighted by atomic mass is 9.81. The van der Waals surface area contributed by atoms with Crippen molar-refractivity contribution in [3.63, 3.8) is 0 Å². The molecule has 3 atom stereocenters. The Labute approximate surface area is 173 Å². The molecule has 0 spiro atoms. The van der Waals surface area contributed by atoms with Crippen LogP contribution in [-0.4, -0.2) is 37.0 Å². The summed E-state index contributed by atoms with van der Waals surface area (Å²) in [5.41, 5.74) is 2.85. The Morgan fingerprint density at radius 1 is 1.20 bits per heavy atom. The first-order chi connectivity index (χ1) is 14.6. The number of carbonyl (C=O) groups is 1. The molecular formula is C22H22FN5O2. The molecule has 1 amide bonds. The standard InChI is InChI=1S/C22H22FN5O2/c1-13(23)20-26-27-21(30-20)14-10-16-18(25-11-14)12-28(22(16)29)19-8-3-2-6-15(19)17-7-4-5-9-24-17/h4-5,7,9-11,13,15,19H,2-3,6,8,12H2,1H3/t13?,15-,19?/m0/s1. The van der Waals surface area contributed by atoms with Crippen LogP contribution in [0.15, 0.2) is 41.1 Å². The third kappa shape index (κ3) is 3.26. The number of hydrogen-bond donors (Lipinski definition) is 0. The lowest BCUT2D eigenvalue weighted by Gasteiger charge is -2.37. The summed E-state index contributed by atoms with van der Waals surface area (Å²) in [4.78, 5) is 24.3. The van der Waals surface area contributed by atoms with Crippen molar-refractivity contribution >= 4 is 5.91 Å². The zero-order valence-corrected chi connectivity index (χ0v) is 16.7. The number of amides is 1. The van der Waals surface area contributed by atoms with Crippen LogP contribution in [0.2, 0.25) is 0 Å². The molecule has 5 rings (SSSR count). The summed E-state index contributed by atoms with van der Waals surface area (Å²) >= 11 is 0. The van der Waals surface area contributed by atoms with Gasteiger partial charge >= 0.3 is 0 Å². The van der Waals surface area contributed by atoms with Crippen molar-refractivity contribution in [2.45, 2.75) is 57.3 Å². The fraction of sp³-hybridized carbons (Fsp3) is 0.409. The molecule has 0 N–H and O–H groups in total. The highest BCUT2D eigenvalue weighted by molar-refractivity contribution is 5.99. The monoisotopic (exact) mass is 407 g/mol. The molecule has 1 aliphatic carbocycles. The van der Waals surface area contributed by atoms with E-state index in [2.05, 4.69) is 20.2 Å². The van der Waals surface area contributed by atoms with E-state index in [9.17, 15) is 9.18 Å². The minimum Gasteiger partial charge on any atom is -0.417 e. The molecule has 3 aromatic heterocycles. The molecule has 1 saturated carbocycles. The largest absolute Gasteiger partial charge is 0.417 e. The van der Waals surface area contributed by atoms with Crippen molar-refractivity contribution in [3.05, 3.63) is 59.5 Å². The minimum absolute atomic E-state index is 0.0363. The van der Waals surface area contributed by atoms with Crippen LogP contribution in [0.5, 0.6) is 0 Å². The highest BCUT2D eigenvalue weighted by atomic mass is 19.1. The topological polar surface area (TPSA) is 85.0 Å². The molecule has 0 saturated heterocycles. The fourth-order valence-corrected chi connectivity index (χ4v) is 4.51. The van der Waals surface area contributed by atoms with Crippen LogP contribution < -0.4 is 0 Å². The molecule has 1 aliphatic heterocycles. The van der Waals surface area contributed by atoms with E-state index in [4.69, 9.17) is 4.42 Å². The molecule has 2 aliphatic rings. The predicted molar refractivity (Wildman–Crippen MR) is 106 cm³/mol. The summed E-state index contributed by atoms with van der Waals surface area (Å²) < 4.78 is 18.8. The van der Waals surface area contributed by atoms with Gasteiger partial charge in [0.15, 0.2) is 6.17 Å². The highest BCUT2D eigenvalue weighted by Gasteiger charge is 2.39. The van der Waals surface area contributed by atoms with Crippen molar-refractivity contribution in [1.29, 1.82) is 0 Å². The first-order valence-electron chi connectivity index (χ1n) is 10.3. The van der Waals surface area contributed by atoms with Gasteiger partial charge in [-0.05, 0) is 38.0 Å². The molecule has 154 valence electrons. The number of aromatic nitrogens is 4. The SMILES string of the molecule is CC(F)c1nnc(-c2cnc3c(c2)C(=O)N(C2CCCC[C@H]2c2ccccn2)C3)o1. The van der Waals surface area contributed by atoms with Gasteiger partial charge in [-0.1, -0.05) is 18.9 Å². The first kappa shape index (κ1) is 18.8. The number of rotatable bonds is 4. The molecule has 3 aromatic rings. The van der Waals surface area contributed by atoms with Crippen LogP contribution in [-0.2, 0) is 6.54 Å². The van der Waals surface area contributed by atoms with Crippen molar-refractivity contribution in [2.24, 2.45) is 0 Å². The van der Waals surface area contributed by atoms with Gasteiger partial charge in [-0.25, -0.2) is 4.39 Å². The maximum Gasteiger partial charge on any atom is 0.256 e. The Morgan fingerprint density at radius 3 is 2.83 bits per heavy atom. The smallest absolute Gasteiger partial charge is 0.256 e. The van der Waals surface area contributed by atoms with Crippen LogP contribution >= 0.6 is 0 Å². The molecule has 4 heterocycles. The maximum absolute atomic E-state index is 13.4. The first-order valence-corrected chi connectivity index (χ1v) is 10.3. The fourth-order valence-electron chi connectivity index (χ4n) is 4.51. The van der Waals surface area contributed by atoms with Gasteiger partial charge in [0, 0.05) is 30.0 Å². The summed E-state index contributed by atoms with van der Waals surface area (Å²) in [5.74, 6) is 0.270. The van der Waals surface area contributed by atoms with Crippen LogP contribution in [0.4, 0.5) is 4.39 Å². The van der Waals surface area contributed by atoms with E-state index in [1.165, 1.54) is 6.92 Å². The van der Waals surface area contributed by atoms with Gasteiger partial charge < -0.3 is 9.32 Å². The van der Waals surface area contributed by atoms with Crippen molar-refractivity contribution in [1.82, 2.24) is 25.1 Å². The van der Waals surface area contributed by atoms with Gasteiger partial charge in [0.1, 0.15) is 0 Å². The van der Waals surface area contributed by atoms with E-state index in [-0.39, 0.29) is 29.6 Å². The number of carbonyl (C=O) groups excluding carboxylic acids is 1. The third-order valence-electron chi connectivity index (χ3n) is 6.01. The summed E-state index contributed by atoms with van der Waals surface area (Å²) in [6, 6.07) is 7.78. The zero-order chi connectivity index (χ0) is 20.7. The molecular weight excluding hydrogens is 385 g/mol. The van der Waals surface area contributed by atoms with E-state index in [0.717, 1.165) is 37.1 Å². The molecule has 0 bridgehead atoms. The van der Waals surface area contributed by atoms with Crippen LogP contribution in [0.1, 0.15) is 72.3 Å². The zero-order valence-electron chi connectivity index (χ0n) is 16.7. The van der Waals surface area contributed by atoms with E-state index in [0.29, 0.717) is 17.7 Å². The Balaban J connectivity index is 1.43. The number of halogens is 1. The number of fused-ring (bicyclic) bond motifs is 1. The van der Waals surface area contributed by atoms with Gasteiger partial charge in [-0.3, -0.25) is 14.8 Å². The van der Waals surface area contributed by atoms with Crippen LogP contribution in [0.25, 0.3) is 11.5 Å². The summed E-state index contributed by atoms with van der Waals surface area (Å²) in [6.07, 6.45) is 6.28. The minimum atomic E-state index is -1.35. The van der Waals surface area contributed by atoms with Crippen LogP contribution in [0.3, 0.4) is 0 Å². The van der Waals surface area contributed by atoms with Gasteiger partial charge in [-0.2, -0.15) is 0 Å². The van der Waals surface area contributed by atoms with E-state index in [1.807, 2.05) is 29.3 Å². The highest BCUT2D eigenvalue weighted by Crippen LogP contribution is 2.39. The Bertz CT molecular complexity index is 1070. The quantitative estimate of drug-likeness (QED) is 0.643. The number of hydrogen-bond acceptors (Lipinski definition) is 6. The number of pyridine rings is 2. The van der Waals surface area contributed by atoms with E-state index >= 15 is 0 Å². The normalized spacial score (nSPS) is 22.2. The Morgan fingerprint density at radius 2 is 2.07 bits per heavy atom. The molecule has 8 heteroatoms. The number of nitrogens with zero attached hydrogens (tertiary/aromatic N) is 5. The van der Waals surface area contributed by atoms with E-state index < -0.39 is 6.17 Å². The second-order valence-corrected chi connectivity index (χ2v) is 7.93. The lowest BCUT2D eigenvalue weighted by molar-refractivity contribution is 0.0624. The summed E-state index contributed by atoms with van der Waals surface area (Å²) in [7, 11) is 0. The predicted octanol–water partition coefficient (Wildman–Crippen LogP) is 4.24. The molecule has 0 aromatic carbocycles. The van der Waals surface area contributed by atoms with Gasteiger partial charge in [0.25, 0.3) is 11.8 Å². The lowest BCUT2D eigenvalue weighted by Crippen LogP contribution is -2.41. The van der Waals surface area contributed by atoms with Gasteiger partial charge in [0.05, 0.1) is 23.4 Å². The third-order valence-corrected chi connectivity index (χ3v) is 6.01. The van der Waals surface area contributed by atoms with Crippen LogP contribution in [0, 0.1) is 0 Å². The average Bonchev–Trinajstić information content (AvgIpc) is 3.40. The summed E-state index contributed by atoms with van der Waals surface area (Å²) in [6.45, 7) is 1.82. The van der Waals surface area contributed by atoms with Gasteiger partial charge in [-0.15, -0.1) is 10.2 Å². The Kier molecular flexibility index (Phi) is 4.77. The second-order valence-electron chi connectivity index (χ2n) is 7.93. The molecule has 0 radical (unpaired) electrons. The average molecular weight is 407 g/mol. The van der Waals surface area contributed by atoms with Gasteiger partial charge in [0.2, 0.25) is 5.89 Å². The summed E-state index contributed by atoms with van der Waals surface area (Å²) in [5, 5.41) is 7.60. The second kappa shape index (κ2) is 7.59. The molecule has 30 heavy (non-hydrogen) atoms. The molecule has 1 fully saturated rings. The van der Waals surface area contributed by atoms with E-state index in [1.54, 1.807) is 12.3 Å². The maximum atomic E-state index is 13.4. The molecule has 2 unspecified atom stereocenters. The number of alkyl halides is 1.